The van der Waals surface area contributed by atoms with Crippen molar-refractivity contribution in [2.45, 2.75) is 26.4 Å². The smallest absolute Gasteiger partial charge is 0.339 e. The fourth-order valence-corrected chi connectivity index (χ4v) is 1.08. The Kier molecular flexibility index (Phi) is 3.74. The first-order chi connectivity index (χ1) is 7.02. The molecule has 0 bridgehead atoms. The summed E-state index contributed by atoms with van der Waals surface area (Å²) in [5.41, 5.74) is 0.721. The largest absolute Gasteiger partial charge is 0.478 e. The lowest BCUT2D eigenvalue weighted by molar-refractivity contribution is 0.0693. The molecule has 5 heteroatoms. The van der Waals surface area contributed by atoms with Gasteiger partial charge < -0.3 is 5.11 Å². The fourth-order valence-electron chi connectivity index (χ4n) is 1.08. The highest BCUT2D eigenvalue weighted by Crippen LogP contribution is 2.08. The minimum atomic E-state index is -0.984. The van der Waals surface area contributed by atoms with Crippen molar-refractivity contribution >= 4 is 5.97 Å². The number of carbonyl (C=O) groups is 1. The standard InChI is InChI=1S/C10H15N3O2/c1-7(2)13(3)5-9-8(10(14)15)4-11-6-12-9/h4,6-7H,5H2,1-3H3,(H,14,15). The number of rotatable bonds is 4. The van der Waals surface area contributed by atoms with Crippen LogP contribution in [0.2, 0.25) is 0 Å². The summed E-state index contributed by atoms with van der Waals surface area (Å²) in [7, 11) is 1.93. The first-order valence-corrected chi connectivity index (χ1v) is 4.74. The van der Waals surface area contributed by atoms with Crippen molar-refractivity contribution < 1.29 is 9.90 Å². The van der Waals surface area contributed by atoms with Crippen LogP contribution in [0.1, 0.15) is 29.9 Å². The van der Waals surface area contributed by atoms with Gasteiger partial charge in [-0.25, -0.2) is 14.8 Å². The lowest BCUT2D eigenvalue weighted by Crippen LogP contribution is -2.27. The van der Waals surface area contributed by atoms with Crippen LogP contribution in [0.4, 0.5) is 0 Å². The van der Waals surface area contributed by atoms with Gasteiger partial charge in [0.2, 0.25) is 0 Å². The summed E-state index contributed by atoms with van der Waals surface area (Å²) in [5.74, 6) is -0.984. The third-order valence-electron chi connectivity index (χ3n) is 2.31. The summed E-state index contributed by atoms with van der Waals surface area (Å²) in [6.45, 7) is 4.60. The fraction of sp³-hybridized carbons (Fsp3) is 0.500. The number of hydrogen-bond acceptors (Lipinski definition) is 4. The van der Waals surface area contributed by atoms with Crippen LogP contribution in [0.3, 0.4) is 0 Å². The first-order valence-electron chi connectivity index (χ1n) is 4.74. The summed E-state index contributed by atoms with van der Waals surface area (Å²) < 4.78 is 0. The molecule has 0 spiro atoms. The van der Waals surface area contributed by atoms with Crippen LogP contribution in [0.5, 0.6) is 0 Å². The molecule has 1 aromatic heterocycles. The maximum Gasteiger partial charge on any atom is 0.339 e. The lowest BCUT2D eigenvalue weighted by atomic mass is 10.2. The predicted octanol–water partition coefficient (Wildman–Crippen LogP) is 1.02. The van der Waals surface area contributed by atoms with Gasteiger partial charge in [-0.3, -0.25) is 4.90 Å². The van der Waals surface area contributed by atoms with Gasteiger partial charge in [-0.15, -0.1) is 0 Å². The maximum absolute atomic E-state index is 10.9. The average molecular weight is 209 g/mol. The van der Waals surface area contributed by atoms with Crippen LogP contribution < -0.4 is 0 Å². The van der Waals surface area contributed by atoms with Gasteiger partial charge in [0.25, 0.3) is 0 Å². The molecule has 0 aliphatic heterocycles. The van der Waals surface area contributed by atoms with Gasteiger partial charge in [0.05, 0.1) is 5.69 Å². The highest BCUT2D eigenvalue weighted by Gasteiger charge is 2.14. The lowest BCUT2D eigenvalue weighted by Gasteiger charge is -2.20. The van der Waals surface area contributed by atoms with Gasteiger partial charge in [0.15, 0.2) is 0 Å². The predicted molar refractivity (Wildman–Crippen MR) is 55.6 cm³/mol. The summed E-state index contributed by atoms with van der Waals surface area (Å²) in [6.07, 6.45) is 2.70. The van der Waals surface area contributed by atoms with E-state index in [1.807, 2.05) is 25.8 Å². The van der Waals surface area contributed by atoms with E-state index in [1.54, 1.807) is 0 Å². The number of hydrogen-bond donors (Lipinski definition) is 1. The Hall–Kier alpha value is -1.49. The Bertz CT molecular complexity index is 352. The number of carboxylic acid groups (broad SMARTS) is 1. The van der Waals surface area contributed by atoms with E-state index in [4.69, 9.17) is 5.11 Å². The quantitative estimate of drug-likeness (QED) is 0.801. The monoisotopic (exact) mass is 209 g/mol. The zero-order chi connectivity index (χ0) is 11.4. The molecule has 0 saturated heterocycles. The molecular weight excluding hydrogens is 194 g/mol. The molecular formula is C10H15N3O2. The maximum atomic E-state index is 10.9. The zero-order valence-electron chi connectivity index (χ0n) is 9.14. The second-order valence-corrected chi connectivity index (χ2v) is 3.70. The molecule has 0 amide bonds. The molecule has 82 valence electrons. The molecule has 0 aliphatic rings. The molecule has 0 saturated carbocycles. The summed E-state index contributed by atoms with van der Waals surface area (Å²) in [4.78, 5) is 20.6. The number of aromatic carboxylic acids is 1. The van der Waals surface area contributed by atoms with E-state index in [-0.39, 0.29) is 5.56 Å². The molecule has 0 fully saturated rings. The van der Waals surface area contributed by atoms with Crippen LogP contribution in [-0.2, 0) is 6.54 Å². The van der Waals surface area contributed by atoms with E-state index in [1.165, 1.54) is 12.5 Å². The highest BCUT2D eigenvalue weighted by atomic mass is 16.4. The Labute approximate surface area is 88.8 Å². The Morgan fingerprint density at radius 1 is 1.60 bits per heavy atom. The van der Waals surface area contributed by atoms with Crippen LogP contribution in [0.15, 0.2) is 12.5 Å². The molecule has 0 aliphatic carbocycles. The highest BCUT2D eigenvalue weighted by molar-refractivity contribution is 5.88. The van der Waals surface area contributed by atoms with Gasteiger partial charge >= 0.3 is 5.97 Å². The second kappa shape index (κ2) is 4.84. The van der Waals surface area contributed by atoms with E-state index < -0.39 is 5.97 Å². The van der Waals surface area contributed by atoms with E-state index in [0.29, 0.717) is 18.3 Å². The van der Waals surface area contributed by atoms with Gasteiger partial charge in [0, 0.05) is 18.8 Å². The van der Waals surface area contributed by atoms with Crippen molar-refractivity contribution in [3.63, 3.8) is 0 Å². The number of aromatic nitrogens is 2. The molecule has 5 nitrogen and oxygen atoms in total. The molecule has 1 N–H and O–H groups in total. The minimum Gasteiger partial charge on any atom is -0.478 e. The summed E-state index contributed by atoms with van der Waals surface area (Å²) >= 11 is 0. The number of carboxylic acids is 1. The Morgan fingerprint density at radius 2 is 2.27 bits per heavy atom. The molecule has 0 unspecified atom stereocenters. The van der Waals surface area contributed by atoms with Gasteiger partial charge in [-0.1, -0.05) is 0 Å². The molecule has 1 rings (SSSR count). The van der Waals surface area contributed by atoms with Crippen molar-refractivity contribution in [1.82, 2.24) is 14.9 Å². The molecule has 1 aromatic rings. The topological polar surface area (TPSA) is 66.3 Å². The van der Waals surface area contributed by atoms with Crippen LogP contribution in [0.25, 0.3) is 0 Å². The van der Waals surface area contributed by atoms with Crippen molar-refractivity contribution in [3.05, 3.63) is 23.8 Å². The van der Waals surface area contributed by atoms with E-state index >= 15 is 0 Å². The first kappa shape index (κ1) is 11.6. The third kappa shape index (κ3) is 2.99. The second-order valence-electron chi connectivity index (χ2n) is 3.70. The Morgan fingerprint density at radius 3 is 2.80 bits per heavy atom. The van der Waals surface area contributed by atoms with E-state index in [2.05, 4.69) is 9.97 Å². The number of nitrogens with zero attached hydrogens (tertiary/aromatic N) is 3. The molecule has 0 radical (unpaired) electrons. The van der Waals surface area contributed by atoms with Crippen molar-refractivity contribution in [2.75, 3.05) is 7.05 Å². The zero-order valence-corrected chi connectivity index (χ0v) is 9.14. The Balaban J connectivity index is 2.89. The van der Waals surface area contributed by atoms with E-state index in [9.17, 15) is 4.79 Å². The van der Waals surface area contributed by atoms with E-state index in [0.717, 1.165) is 0 Å². The van der Waals surface area contributed by atoms with Crippen molar-refractivity contribution in [3.8, 4) is 0 Å². The SMILES string of the molecule is CC(C)N(C)Cc1ncncc1C(=O)O. The van der Waals surface area contributed by atoms with Crippen molar-refractivity contribution in [2.24, 2.45) is 0 Å². The molecule has 15 heavy (non-hydrogen) atoms. The third-order valence-corrected chi connectivity index (χ3v) is 2.31. The molecule has 1 heterocycles. The molecule has 0 atom stereocenters. The summed E-state index contributed by atoms with van der Waals surface area (Å²) in [5, 5.41) is 8.92. The molecule has 0 aromatic carbocycles. The van der Waals surface area contributed by atoms with Gasteiger partial charge in [-0.2, -0.15) is 0 Å². The van der Waals surface area contributed by atoms with Crippen LogP contribution in [0, 0.1) is 0 Å². The normalized spacial score (nSPS) is 11.0. The van der Waals surface area contributed by atoms with Crippen LogP contribution in [-0.4, -0.2) is 39.0 Å². The average Bonchev–Trinajstić information content (AvgIpc) is 2.18. The van der Waals surface area contributed by atoms with Crippen LogP contribution >= 0.6 is 0 Å². The van der Waals surface area contributed by atoms with Crippen molar-refractivity contribution in [1.29, 1.82) is 0 Å². The summed E-state index contributed by atoms with van der Waals surface area (Å²) in [6, 6.07) is 0.349. The van der Waals surface area contributed by atoms with Gasteiger partial charge in [-0.05, 0) is 20.9 Å². The van der Waals surface area contributed by atoms with Gasteiger partial charge in [0.1, 0.15) is 11.9 Å². The minimum absolute atomic E-state index is 0.171.